The number of allylic oxidation sites excluding steroid dienone is 1. The maximum atomic E-state index is 11.5. The summed E-state index contributed by atoms with van der Waals surface area (Å²) in [5.74, 6) is -0.0137. The largest absolute Gasteiger partial charge is 0.351 e. The quantitative estimate of drug-likeness (QED) is 0.720. The standard InChI is InChI=1S/C12H22ClNO/c1-5-6-7-8-10(13)9-11(15)14-12(2,3)4/h8H,5-7,9H2,1-4H3,(H,14,15)/b10-8+. The molecular formula is C12H22ClNO. The number of nitrogens with one attached hydrogen (secondary N) is 1. The van der Waals surface area contributed by atoms with Gasteiger partial charge in [0.25, 0.3) is 0 Å². The Labute approximate surface area is 98.1 Å². The molecule has 0 aromatic heterocycles. The smallest absolute Gasteiger partial charge is 0.225 e. The van der Waals surface area contributed by atoms with Gasteiger partial charge in [0.15, 0.2) is 0 Å². The van der Waals surface area contributed by atoms with Gasteiger partial charge >= 0.3 is 0 Å². The molecule has 0 aromatic rings. The number of unbranched alkanes of at least 4 members (excludes halogenated alkanes) is 2. The molecule has 1 amide bonds. The minimum Gasteiger partial charge on any atom is -0.351 e. The summed E-state index contributed by atoms with van der Waals surface area (Å²) in [6, 6.07) is 0. The van der Waals surface area contributed by atoms with Gasteiger partial charge in [-0.2, -0.15) is 0 Å². The summed E-state index contributed by atoms with van der Waals surface area (Å²) in [6.45, 7) is 8.01. The molecule has 0 radical (unpaired) electrons. The van der Waals surface area contributed by atoms with Crippen LogP contribution in [0.5, 0.6) is 0 Å². The molecule has 3 heteroatoms. The van der Waals surface area contributed by atoms with E-state index in [2.05, 4.69) is 12.2 Å². The van der Waals surface area contributed by atoms with Crippen molar-refractivity contribution in [3.8, 4) is 0 Å². The van der Waals surface area contributed by atoms with Gasteiger partial charge in [-0.05, 0) is 27.2 Å². The lowest BCUT2D eigenvalue weighted by atomic mass is 10.1. The van der Waals surface area contributed by atoms with Crippen LogP contribution in [0.4, 0.5) is 0 Å². The summed E-state index contributed by atoms with van der Waals surface area (Å²) in [5, 5.41) is 3.52. The molecule has 1 N–H and O–H groups in total. The van der Waals surface area contributed by atoms with E-state index in [1.807, 2.05) is 26.8 Å². The molecule has 0 bridgehead atoms. The summed E-state index contributed by atoms with van der Waals surface area (Å²) in [6.07, 6.45) is 5.46. The Morgan fingerprint density at radius 2 is 2.00 bits per heavy atom. The van der Waals surface area contributed by atoms with Crippen molar-refractivity contribution in [1.82, 2.24) is 5.32 Å². The van der Waals surface area contributed by atoms with Crippen LogP contribution in [0.2, 0.25) is 0 Å². The third-order valence-corrected chi connectivity index (χ3v) is 2.06. The average molecular weight is 232 g/mol. The molecule has 0 spiro atoms. The minimum absolute atomic E-state index is 0.0137. The Morgan fingerprint density at radius 3 is 2.47 bits per heavy atom. The van der Waals surface area contributed by atoms with E-state index in [0.717, 1.165) is 19.3 Å². The molecule has 0 rings (SSSR count). The molecule has 0 fully saturated rings. The average Bonchev–Trinajstić information content (AvgIpc) is 2.00. The van der Waals surface area contributed by atoms with Crippen LogP contribution >= 0.6 is 11.6 Å². The SMILES string of the molecule is CCCC/C=C(/Cl)CC(=O)NC(C)(C)C. The van der Waals surface area contributed by atoms with Crippen LogP contribution in [-0.2, 0) is 4.79 Å². The molecule has 0 aliphatic carbocycles. The number of amides is 1. The number of carbonyl (C=O) groups is 1. The second kappa shape index (κ2) is 6.89. The second-order valence-corrected chi connectivity index (χ2v) is 5.25. The zero-order valence-electron chi connectivity index (χ0n) is 10.2. The number of hydrogen-bond acceptors (Lipinski definition) is 1. The highest BCUT2D eigenvalue weighted by atomic mass is 35.5. The van der Waals surface area contributed by atoms with Crippen LogP contribution in [0.25, 0.3) is 0 Å². The van der Waals surface area contributed by atoms with Crippen LogP contribution in [0.15, 0.2) is 11.1 Å². The first-order valence-electron chi connectivity index (χ1n) is 5.50. The second-order valence-electron chi connectivity index (χ2n) is 4.77. The van der Waals surface area contributed by atoms with E-state index in [0.29, 0.717) is 11.5 Å². The molecule has 0 aromatic carbocycles. The van der Waals surface area contributed by atoms with Gasteiger partial charge in [0.1, 0.15) is 0 Å². The topological polar surface area (TPSA) is 29.1 Å². The van der Waals surface area contributed by atoms with Gasteiger partial charge in [0.05, 0.1) is 6.42 Å². The highest BCUT2D eigenvalue weighted by Gasteiger charge is 2.13. The predicted molar refractivity (Wildman–Crippen MR) is 66.0 cm³/mol. The molecule has 15 heavy (non-hydrogen) atoms. The summed E-state index contributed by atoms with van der Waals surface area (Å²) in [7, 11) is 0. The summed E-state index contributed by atoms with van der Waals surface area (Å²) >= 11 is 5.94. The van der Waals surface area contributed by atoms with Gasteiger partial charge < -0.3 is 5.32 Å². The van der Waals surface area contributed by atoms with Crippen LogP contribution in [0.1, 0.15) is 53.4 Å². The van der Waals surface area contributed by atoms with Crippen molar-refractivity contribution >= 4 is 17.5 Å². The molecule has 88 valence electrons. The lowest BCUT2D eigenvalue weighted by Crippen LogP contribution is -2.40. The Bertz CT molecular complexity index is 228. The first-order chi connectivity index (χ1) is 6.85. The highest BCUT2D eigenvalue weighted by molar-refractivity contribution is 6.30. The fourth-order valence-electron chi connectivity index (χ4n) is 1.15. The third-order valence-electron chi connectivity index (χ3n) is 1.77. The van der Waals surface area contributed by atoms with Gasteiger partial charge in [0, 0.05) is 10.6 Å². The molecule has 2 nitrogen and oxygen atoms in total. The zero-order chi connectivity index (χ0) is 11.9. The van der Waals surface area contributed by atoms with Crippen molar-refractivity contribution < 1.29 is 4.79 Å². The van der Waals surface area contributed by atoms with Gasteiger partial charge in [-0.1, -0.05) is 37.4 Å². The first kappa shape index (κ1) is 14.5. The van der Waals surface area contributed by atoms with Crippen molar-refractivity contribution in [2.45, 2.75) is 58.9 Å². The van der Waals surface area contributed by atoms with Crippen molar-refractivity contribution in [2.75, 3.05) is 0 Å². The minimum atomic E-state index is -0.183. The molecule has 0 saturated heterocycles. The van der Waals surface area contributed by atoms with Crippen molar-refractivity contribution in [1.29, 1.82) is 0 Å². The first-order valence-corrected chi connectivity index (χ1v) is 5.88. The molecular weight excluding hydrogens is 210 g/mol. The highest BCUT2D eigenvalue weighted by Crippen LogP contribution is 2.11. The fourth-order valence-corrected chi connectivity index (χ4v) is 1.38. The van der Waals surface area contributed by atoms with Crippen molar-refractivity contribution in [3.05, 3.63) is 11.1 Å². The summed E-state index contributed by atoms with van der Waals surface area (Å²) in [5.41, 5.74) is -0.183. The number of halogens is 1. The molecule has 0 aliphatic heterocycles. The van der Waals surface area contributed by atoms with Gasteiger partial charge in [0.2, 0.25) is 5.91 Å². The number of rotatable bonds is 5. The third kappa shape index (κ3) is 9.80. The van der Waals surface area contributed by atoms with E-state index in [1.54, 1.807) is 0 Å². The number of hydrogen-bond donors (Lipinski definition) is 1. The Morgan fingerprint density at radius 1 is 1.40 bits per heavy atom. The van der Waals surface area contributed by atoms with Gasteiger partial charge in [-0.25, -0.2) is 0 Å². The van der Waals surface area contributed by atoms with Crippen molar-refractivity contribution in [2.24, 2.45) is 0 Å². The predicted octanol–water partition coefficient (Wildman–Crippen LogP) is 3.60. The molecule has 0 heterocycles. The number of carbonyl (C=O) groups excluding carboxylic acids is 1. The van der Waals surface area contributed by atoms with Gasteiger partial charge in [-0.15, -0.1) is 0 Å². The van der Waals surface area contributed by atoms with E-state index < -0.39 is 0 Å². The summed E-state index contributed by atoms with van der Waals surface area (Å²) in [4.78, 5) is 11.5. The van der Waals surface area contributed by atoms with Crippen LogP contribution in [0, 0.1) is 0 Å². The lowest BCUT2D eigenvalue weighted by Gasteiger charge is -2.20. The monoisotopic (exact) mass is 231 g/mol. The maximum Gasteiger partial charge on any atom is 0.225 e. The van der Waals surface area contributed by atoms with E-state index in [9.17, 15) is 4.79 Å². The van der Waals surface area contributed by atoms with E-state index >= 15 is 0 Å². The lowest BCUT2D eigenvalue weighted by molar-refractivity contribution is -0.121. The summed E-state index contributed by atoms with van der Waals surface area (Å²) < 4.78 is 0. The normalized spacial score (nSPS) is 12.7. The van der Waals surface area contributed by atoms with E-state index in [-0.39, 0.29) is 11.4 Å². The zero-order valence-corrected chi connectivity index (χ0v) is 10.9. The van der Waals surface area contributed by atoms with E-state index in [1.165, 1.54) is 0 Å². The van der Waals surface area contributed by atoms with E-state index in [4.69, 9.17) is 11.6 Å². The molecule has 0 saturated carbocycles. The van der Waals surface area contributed by atoms with Gasteiger partial charge in [-0.3, -0.25) is 4.79 Å². The molecule has 0 atom stereocenters. The Hall–Kier alpha value is -0.500. The van der Waals surface area contributed by atoms with Crippen molar-refractivity contribution in [3.63, 3.8) is 0 Å². The fraction of sp³-hybridized carbons (Fsp3) is 0.750. The maximum absolute atomic E-state index is 11.5. The Kier molecular flexibility index (Phi) is 6.66. The van der Waals surface area contributed by atoms with Crippen LogP contribution < -0.4 is 5.32 Å². The Balaban J connectivity index is 3.91. The molecule has 0 aliphatic rings. The van der Waals surface area contributed by atoms with Crippen LogP contribution in [-0.4, -0.2) is 11.4 Å². The van der Waals surface area contributed by atoms with Crippen LogP contribution in [0.3, 0.4) is 0 Å². The molecule has 0 unspecified atom stereocenters.